The molecule has 1 atom stereocenters. The zero-order valence-electron chi connectivity index (χ0n) is 16.3. The molecule has 6 heteroatoms. The molecule has 0 amide bonds. The Balaban J connectivity index is 1.36. The zero-order valence-corrected chi connectivity index (χ0v) is 16.3. The highest BCUT2D eigenvalue weighted by Gasteiger charge is 2.26. The first-order valence-corrected chi connectivity index (χ1v) is 9.70. The van der Waals surface area contributed by atoms with Gasteiger partial charge < -0.3 is 4.42 Å². The number of aryl methyl sites for hydroxylation is 1. The van der Waals surface area contributed by atoms with E-state index in [0.29, 0.717) is 18.3 Å². The molecule has 0 saturated carbocycles. The van der Waals surface area contributed by atoms with E-state index in [1.807, 2.05) is 36.4 Å². The summed E-state index contributed by atoms with van der Waals surface area (Å²) in [7, 11) is 0. The van der Waals surface area contributed by atoms with E-state index in [9.17, 15) is 4.39 Å². The number of rotatable bonds is 5. The topological polar surface area (TPSA) is 45.4 Å². The SMILES string of the molecule is Cc1ccc(-c2nnc(C(C)N3CCN(Cc4ccccc4F)CC3)o2)cc1. The first-order chi connectivity index (χ1) is 13.6. The molecule has 1 aliphatic rings. The van der Waals surface area contributed by atoms with E-state index in [1.165, 1.54) is 11.6 Å². The quantitative estimate of drug-likeness (QED) is 0.668. The molecule has 146 valence electrons. The molecule has 0 radical (unpaired) electrons. The van der Waals surface area contributed by atoms with Crippen molar-refractivity contribution in [2.75, 3.05) is 26.2 Å². The van der Waals surface area contributed by atoms with E-state index in [-0.39, 0.29) is 11.9 Å². The van der Waals surface area contributed by atoms with Crippen molar-refractivity contribution in [3.05, 3.63) is 71.4 Å². The number of piperazine rings is 1. The van der Waals surface area contributed by atoms with Crippen molar-refractivity contribution in [3.63, 3.8) is 0 Å². The monoisotopic (exact) mass is 380 g/mol. The number of benzene rings is 2. The van der Waals surface area contributed by atoms with E-state index in [4.69, 9.17) is 4.42 Å². The average molecular weight is 380 g/mol. The predicted octanol–water partition coefficient (Wildman–Crippen LogP) is 4.06. The molecule has 4 rings (SSSR count). The lowest BCUT2D eigenvalue weighted by Crippen LogP contribution is -2.46. The molecule has 5 nitrogen and oxygen atoms in total. The Labute approximate surface area is 164 Å². The molecule has 28 heavy (non-hydrogen) atoms. The van der Waals surface area contributed by atoms with Gasteiger partial charge in [-0.2, -0.15) is 0 Å². The number of nitrogens with zero attached hydrogens (tertiary/aromatic N) is 4. The van der Waals surface area contributed by atoms with Crippen LogP contribution in [0.25, 0.3) is 11.5 Å². The van der Waals surface area contributed by atoms with Gasteiger partial charge in [-0.05, 0) is 32.0 Å². The highest BCUT2D eigenvalue weighted by molar-refractivity contribution is 5.52. The minimum Gasteiger partial charge on any atom is -0.419 e. The first kappa shape index (κ1) is 18.8. The van der Waals surface area contributed by atoms with Crippen LogP contribution in [-0.2, 0) is 6.54 Å². The Bertz CT molecular complexity index is 916. The van der Waals surface area contributed by atoms with E-state index in [0.717, 1.165) is 37.3 Å². The Morgan fingerprint density at radius 3 is 2.43 bits per heavy atom. The minimum absolute atomic E-state index is 0.0577. The molecule has 1 aliphatic heterocycles. The third kappa shape index (κ3) is 4.13. The van der Waals surface area contributed by atoms with Gasteiger partial charge in [0, 0.05) is 43.9 Å². The Morgan fingerprint density at radius 2 is 1.71 bits per heavy atom. The summed E-state index contributed by atoms with van der Waals surface area (Å²) in [5.41, 5.74) is 2.89. The fourth-order valence-corrected chi connectivity index (χ4v) is 3.55. The van der Waals surface area contributed by atoms with Gasteiger partial charge in [0.15, 0.2) is 0 Å². The number of hydrogen-bond acceptors (Lipinski definition) is 5. The Kier molecular flexibility index (Phi) is 5.50. The third-order valence-electron chi connectivity index (χ3n) is 5.40. The molecule has 0 bridgehead atoms. The Hall–Kier alpha value is -2.57. The lowest BCUT2D eigenvalue weighted by Gasteiger charge is -2.36. The van der Waals surface area contributed by atoms with E-state index in [1.54, 1.807) is 6.07 Å². The number of halogens is 1. The van der Waals surface area contributed by atoms with Crippen LogP contribution in [-0.4, -0.2) is 46.2 Å². The lowest BCUT2D eigenvalue weighted by molar-refractivity contribution is 0.0870. The van der Waals surface area contributed by atoms with Gasteiger partial charge >= 0.3 is 0 Å². The van der Waals surface area contributed by atoms with Gasteiger partial charge in [-0.3, -0.25) is 9.80 Å². The number of hydrogen-bond donors (Lipinski definition) is 0. The molecular weight excluding hydrogens is 355 g/mol. The summed E-state index contributed by atoms with van der Waals surface area (Å²) in [6, 6.07) is 15.1. The van der Waals surface area contributed by atoms with Gasteiger partial charge in [0.05, 0.1) is 6.04 Å². The molecule has 1 saturated heterocycles. The van der Waals surface area contributed by atoms with E-state index >= 15 is 0 Å². The van der Waals surface area contributed by atoms with Gasteiger partial charge in [-0.1, -0.05) is 35.9 Å². The van der Waals surface area contributed by atoms with Gasteiger partial charge in [0.25, 0.3) is 0 Å². The molecule has 1 aromatic heterocycles. The van der Waals surface area contributed by atoms with Crippen LogP contribution in [0.15, 0.2) is 52.9 Å². The molecule has 0 aliphatic carbocycles. The van der Waals surface area contributed by atoms with Crippen LogP contribution in [0.1, 0.15) is 30.0 Å². The average Bonchev–Trinajstić information content (AvgIpc) is 3.20. The van der Waals surface area contributed by atoms with E-state index in [2.05, 4.69) is 33.8 Å². The first-order valence-electron chi connectivity index (χ1n) is 9.70. The summed E-state index contributed by atoms with van der Waals surface area (Å²) in [4.78, 5) is 4.62. The van der Waals surface area contributed by atoms with Crippen LogP contribution in [0.4, 0.5) is 4.39 Å². The van der Waals surface area contributed by atoms with Crippen molar-refractivity contribution < 1.29 is 8.81 Å². The number of aromatic nitrogens is 2. The maximum absolute atomic E-state index is 13.9. The predicted molar refractivity (Wildman–Crippen MR) is 106 cm³/mol. The molecule has 3 aromatic rings. The molecule has 0 N–H and O–H groups in total. The summed E-state index contributed by atoms with van der Waals surface area (Å²) in [5, 5.41) is 8.48. The van der Waals surface area contributed by atoms with Gasteiger partial charge in [-0.15, -0.1) is 10.2 Å². The second-order valence-corrected chi connectivity index (χ2v) is 7.39. The molecular formula is C22H25FN4O. The van der Waals surface area contributed by atoms with Crippen LogP contribution in [0.3, 0.4) is 0 Å². The maximum Gasteiger partial charge on any atom is 0.247 e. The van der Waals surface area contributed by atoms with Crippen molar-refractivity contribution in [3.8, 4) is 11.5 Å². The standard InChI is InChI=1S/C22H25FN4O/c1-16-7-9-18(10-8-16)22-25-24-21(28-22)17(2)27-13-11-26(12-14-27)15-19-5-3-4-6-20(19)23/h3-10,17H,11-15H2,1-2H3. The summed E-state index contributed by atoms with van der Waals surface area (Å²) in [6.07, 6.45) is 0. The van der Waals surface area contributed by atoms with Crippen molar-refractivity contribution in [1.29, 1.82) is 0 Å². The summed E-state index contributed by atoms with van der Waals surface area (Å²) in [5.74, 6) is 1.06. The molecule has 0 spiro atoms. The van der Waals surface area contributed by atoms with Gasteiger partial charge in [-0.25, -0.2) is 4.39 Å². The summed E-state index contributed by atoms with van der Waals surface area (Å²) in [6.45, 7) is 8.34. The minimum atomic E-state index is -0.132. The fraction of sp³-hybridized carbons (Fsp3) is 0.364. The van der Waals surface area contributed by atoms with Crippen molar-refractivity contribution in [2.45, 2.75) is 26.4 Å². The fourth-order valence-electron chi connectivity index (χ4n) is 3.55. The normalized spacial score (nSPS) is 17.0. The van der Waals surface area contributed by atoms with Crippen molar-refractivity contribution >= 4 is 0 Å². The zero-order chi connectivity index (χ0) is 19.5. The highest BCUT2D eigenvalue weighted by Crippen LogP contribution is 2.25. The Morgan fingerprint density at radius 1 is 1.00 bits per heavy atom. The molecule has 2 aromatic carbocycles. The largest absolute Gasteiger partial charge is 0.419 e. The second kappa shape index (κ2) is 8.20. The summed E-state index contributed by atoms with van der Waals surface area (Å²) < 4.78 is 19.8. The van der Waals surface area contributed by atoms with E-state index < -0.39 is 0 Å². The highest BCUT2D eigenvalue weighted by atomic mass is 19.1. The van der Waals surface area contributed by atoms with Gasteiger partial charge in [0.2, 0.25) is 11.8 Å². The van der Waals surface area contributed by atoms with Crippen LogP contribution in [0.2, 0.25) is 0 Å². The van der Waals surface area contributed by atoms with Crippen LogP contribution in [0.5, 0.6) is 0 Å². The van der Waals surface area contributed by atoms with Gasteiger partial charge in [0.1, 0.15) is 5.82 Å². The van der Waals surface area contributed by atoms with Crippen LogP contribution in [0, 0.1) is 12.7 Å². The van der Waals surface area contributed by atoms with Crippen LogP contribution < -0.4 is 0 Å². The smallest absolute Gasteiger partial charge is 0.247 e. The third-order valence-corrected chi connectivity index (χ3v) is 5.40. The van der Waals surface area contributed by atoms with Crippen molar-refractivity contribution in [1.82, 2.24) is 20.0 Å². The summed E-state index contributed by atoms with van der Waals surface area (Å²) >= 11 is 0. The van der Waals surface area contributed by atoms with Crippen LogP contribution >= 0.6 is 0 Å². The van der Waals surface area contributed by atoms with Crippen molar-refractivity contribution in [2.24, 2.45) is 0 Å². The maximum atomic E-state index is 13.9. The molecule has 1 unspecified atom stereocenters. The molecule has 1 fully saturated rings. The second-order valence-electron chi connectivity index (χ2n) is 7.39. The molecule has 2 heterocycles. The lowest BCUT2D eigenvalue weighted by atomic mass is 10.1.